The molecule has 1 heterocycles. The number of carbonyl (C=O) groups is 2. The zero-order valence-electron chi connectivity index (χ0n) is 14.2. The van der Waals surface area contributed by atoms with Crippen molar-refractivity contribution in [2.75, 3.05) is 23.3 Å². The second-order valence-corrected chi connectivity index (χ2v) is 6.08. The van der Waals surface area contributed by atoms with E-state index in [1.807, 2.05) is 43.3 Å². The molecule has 6 nitrogen and oxygen atoms in total. The van der Waals surface area contributed by atoms with Crippen molar-refractivity contribution in [3.05, 3.63) is 59.7 Å². The molecule has 1 saturated heterocycles. The molecule has 4 amide bonds. The van der Waals surface area contributed by atoms with Gasteiger partial charge in [0.25, 0.3) is 0 Å². The molecule has 0 aromatic heterocycles. The SMILES string of the molecule is Cc1ccc(CNC(=O)Nc2cccc(N3CCCNC3=O)c2)cc1. The molecule has 0 atom stereocenters. The highest BCUT2D eigenvalue weighted by molar-refractivity contribution is 5.94. The van der Waals surface area contributed by atoms with Crippen LogP contribution in [0.15, 0.2) is 48.5 Å². The van der Waals surface area contributed by atoms with Gasteiger partial charge in [-0.2, -0.15) is 0 Å². The molecule has 6 heteroatoms. The Balaban J connectivity index is 1.58. The summed E-state index contributed by atoms with van der Waals surface area (Å²) in [6, 6.07) is 14.9. The fourth-order valence-electron chi connectivity index (χ4n) is 2.69. The number of amides is 4. The summed E-state index contributed by atoms with van der Waals surface area (Å²) in [7, 11) is 0. The van der Waals surface area contributed by atoms with Gasteiger partial charge in [-0.1, -0.05) is 35.9 Å². The van der Waals surface area contributed by atoms with E-state index in [2.05, 4.69) is 16.0 Å². The van der Waals surface area contributed by atoms with Gasteiger partial charge in [-0.3, -0.25) is 4.90 Å². The van der Waals surface area contributed by atoms with Crippen LogP contribution in [-0.2, 0) is 6.54 Å². The Morgan fingerprint density at radius 1 is 1.20 bits per heavy atom. The maximum absolute atomic E-state index is 12.1. The van der Waals surface area contributed by atoms with Crippen LogP contribution in [0.3, 0.4) is 0 Å². The van der Waals surface area contributed by atoms with Crippen LogP contribution in [0, 0.1) is 6.92 Å². The topological polar surface area (TPSA) is 73.5 Å². The van der Waals surface area contributed by atoms with Crippen LogP contribution in [0.1, 0.15) is 17.5 Å². The normalized spacial score (nSPS) is 14.0. The van der Waals surface area contributed by atoms with Gasteiger partial charge in [0.15, 0.2) is 0 Å². The first kappa shape index (κ1) is 16.8. The van der Waals surface area contributed by atoms with Crippen LogP contribution in [0.4, 0.5) is 21.0 Å². The fraction of sp³-hybridized carbons (Fsp3) is 0.263. The lowest BCUT2D eigenvalue weighted by Gasteiger charge is -2.27. The molecule has 3 rings (SSSR count). The molecule has 3 N–H and O–H groups in total. The minimum Gasteiger partial charge on any atom is -0.338 e. The Hall–Kier alpha value is -3.02. The molecule has 0 radical (unpaired) electrons. The summed E-state index contributed by atoms with van der Waals surface area (Å²) in [6.07, 6.45) is 0.903. The second-order valence-electron chi connectivity index (χ2n) is 6.08. The highest BCUT2D eigenvalue weighted by Crippen LogP contribution is 2.21. The maximum Gasteiger partial charge on any atom is 0.321 e. The summed E-state index contributed by atoms with van der Waals surface area (Å²) in [5.41, 5.74) is 3.65. The quantitative estimate of drug-likeness (QED) is 0.801. The van der Waals surface area contributed by atoms with Gasteiger partial charge in [-0.25, -0.2) is 9.59 Å². The van der Waals surface area contributed by atoms with Crippen molar-refractivity contribution in [2.45, 2.75) is 19.9 Å². The number of hydrogen-bond acceptors (Lipinski definition) is 2. The molecule has 130 valence electrons. The first-order chi connectivity index (χ1) is 12.1. The third kappa shape index (κ3) is 4.50. The van der Waals surface area contributed by atoms with Crippen LogP contribution >= 0.6 is 0 Å². The molecular formula is C19H22N4O2. The predicted molar refractivity (Wildman–Crippen MR) is 98.8 cm³/mol. The van der Waals surface area contributed by atoms with Gasteiger partial charge in [0.2, 0.25) is 0 Å². The first-order valence-corrected chi connectivity index (χ1v) is 8.38. The van der Waals surface area contributed by atoms with Crippen LogP contribution in [0.5, 0.6) is 0 Å². The van der Waals surface area contributed by atoms with Crippen LogP contribution < -0.4 is 20.9 Å². The van der Waals surface area contributed by atoms with Gasteiger partial charge in [-0.15, -0.1) is 0 Å². The highest BCUT2D eigenvalue weighted by atomic mass is 16.2. The van der Waals surface area contributed by atoms with Crippen molar-refractivity contribution in [1.29, 1.82) is 0 Å². The minimum atomic E-state index is -0.277. The molecule has 0 aliphatic carbocycles. The van der Waals surface area contributed by atoms with Gasteiger partial charge in [0.1, 0.15) is 0 Å². The number of anilines is 2. The van der Waals surface area contributed by atoms with E-state index < -0.39 is 0 Å². The van der Waals surface area contributed by atoms with E-state index in [0.717, 1.165) is 17.7 Å². The molecule has 25 heavy (non-hydrogen) atoms. The predicted octanol–water partition coefficient (Wildman–Crippen LogP) is 3.24. The monoisotopic (exact) mass is 338 g/mol. The summed E-state index contributed by atoms with van der Waals surface area (Å²) < 4.78 is 0. The number of benzene rings is 2. The summed E-state index contributed by atoms with van der Waals surface area (Å²) in [5, 5.41) is 8.46. The molecule has 2 aromatic carbocycles. The van der Waals surface area contributed by atoms with Crippen LogP contribution in [0.2, 0.25) is 0 Å². The largest absolute Gasteiger partial charge is 0.338 e. The first-order valence-electron chi connectivity index (χ1n) is 8.38. The maximum atomic E-state index is 12.1. The van der Waals surface area contributed by atoms with Crippen molar-refractivity contribution < 1.29 is 9.59 Å². The van der Waals surface area contributed by atoms with Gasteiger partial charge in [-0.05, 0) is 37.1 Å². The van der Waals surface area contributed by atoms with E-state index >= 15 is 0 Å². The number of carbonyl (C=O) groups excluding carboxylic acids is 2. The van der Waals surface area contributed by atoms with Gasteiger partial charge >= 0.3 is 12.1 Å². The molecule has 0 spiro atoms. The van der Waals surface area contributed by atoms with Crippen molar-refractivity contribution in [3.8, 4) is 0 Å². The fourth-order valence-corrected chi connectivity index (χ4v) is 2.69. The summed E-state index contributed by atoms with van der Waals surface area (Å²) >= 11 is 0. The smallest absolute Gasteiger partial charge is 0.321 e. The van der Waals surface area contributed by atoms with E-state index in [1.54, 1.807) is 17.0 Å². The zero-order chi connectivity index (χ0) is 17.6. The second kappa shape index (κ2) is 7.70. The van der Waals surface area contributed by atoms with Crippen molar-refractivity contribution in [2.24, 2.45) is 0 Å². The van der Waals surface area contributed by atoms with Crippen molar-refractivity contribution in [3.63, 3.8) is 0 Å². The zero-order valence-corrected chi connectivity index (χ0v) is 14.2. The van der Waals surface area contributed by atoms with Crippen LogP contribution in [0.25, 0.3) is 0 Å². The number of aryl methyl sites for hydroxylation is 1. The summed E-state index contributed by atoms with van der Waals surface area (Å²) in [4.78, 5) is 25.7. The van der Waals surface area contributed by atoms with E-state index in [0.29, 0.717) is 25.3 Å². The molecular weight excluding hydrogens is 316 g/mol. The Labute approximate surface area is 147 Å². The number of hydrogen-bond donors (Lipinski definition) is 3. The third-order valence-electron chi connectivity index (χ3n) is 4.07. The Kier molecular flexibility index (Phi) is 5.18. The van der Waals surface area contributed by atoms with Crippen molar-refractivity contribution >= 4 is 23.4 Å². The Morgan fingerprint density at radius 2 is 2.00 bits per heavy atom. The lowest BCUT2D eigenvalue weighted by Crippen LogP contribution is -2.46. The average molecular weight is 338 g/mol. The van der Waals surface area contributed by atoms with Gasteiger partial charge < -0.3 is 16.0 Å². The van der Waals surface area contributed by atoms with E-state index in [9.17, 15) is 9.59 Å². The Morgan fingerprint density at radius 3 is 2.76 bits per heavy atom. The number of rotatable bonds is 4. The number of nitrogens with zero attached hydrogens (tertiary/aromatic N) is 1. The summed E-state index contributed by atoms with van der Waals surface area (Å²) in [5.74, 6) is 0. The highest BCUT2D eigenvalue weighted by Gasteiger charge is 2.19. The number of urea groups is 2. The molecule has 0 bridgehead atoms. The molecule has 0 unspecified atom stereocenters. The molecule has 1 aliphatic rings. The molecule has 1 fully saturated rings. The number of nitrogens with one attached hydrogen (secondary N) is 3. The van der Waals surface area contributed by atoms with Crippen molar-refractivity contribution in [1.82, 2.24) is 10.6 Å². The summed E-state index contributed by atoms with van der Waals surface area (Å²) in [6.45, 7) is 3.86. The van der Waals surface area contributed by atoms with E-state index in [4.69, 9.17) is 0 Å². The standard InChI is InChI=1S/C19H22N4O2/c1-14-6-8-15(9-7-14)13-21-18(24)22-16-4-2-5-17(12-16)23-11-3-10-20-19(23)25/h2,4-9,12H,3,10-11,13H2,1H3,(H,20,25)(H2,21,22,24). The lowest BCUT2D eigenvalue weighted by atomic mass is 10.1. The third-order valence-corrected chi connectivity index (χ3v) is 4.07. The lowest BCUT2D eigenvalue weighted by molar-refractivity contribution is 0.243. The molecule has 0 saturated carbocycles. The molecule has 2 aromatic rings. The molecule has 1 aliphatic heterocycles. The minimum absolute atomic E-state index is 0.104. The van der Waals surface area contributed by atoms with E-state index in [1.165, 1.54) is 5.56 Å². The van der Waals surface area contributed by atoms with E-state index in [-0.39, 0.29) is 12.1 Å². The van der Waals surface area contributed by atoms with Crippen LogP contribution in [-0.4, -0.2) is 25.2 Å². The van der Waals surface area contributed by atoms with Gasteiger partial charge in [0.05, 0.1) is 0 Å². The Bertz CT molecular complexity index is 758. The average Bonchev–Trinajstić information content (AvgIpc) is 2.62. The van der Waals surface area contributed by atoms with Gasteiger partial charge in [0, 0.05) is 31.0 Å².